The van der Waals surface area contributed by atoms with Gasteiger partial charge in [-0.2, -0.15) is 0 Å². The average Bonchev–Trinajstić information content (AvgIpc) is 2.30. The Kier molecular flexibility index (Phi) is 3.75. The highest BCUT2D eigenvalue weighted by atomic mass is 33.1. The number of thiol groups is 1. The molecular formula is C10H13NOS2. The summed E-state index contributed by atoms with van der Waals surface area (Å²) in [6.45, 7) is 2.50. The Balaban J connectivity index is 2.15. The van der Waals surface area contributed by atoms with E-state index in [0.29, 0.717) is 6.04 Å². The smallest absolute Gasteiger partial charge is 0.0694 e. The molecule has 1 fully saturated rings. The van der Waals surface area contributed by atoms with Gasteiger partial charge in [-0.15, -0.1) is 0 Å². The van der Waals surface area contributed by atoms with Gasteiger partial charge in [0.1, 0.15) is 0 Å². The van der Waals surface area contributed by atoms with Crippen molar-refractivity contribution in [2.75, 3.05) is 19.8 Å². The molecule has 0 amide bonds. The number of morpholine rings is 1. The molecule has 4 heteroatoms. The molecular weight excluding hydrogens is 214 g/mol. The Bertz CT molecular complexity index is 281. The summed E-state index contributed by atoms with van der Waals surface area (Å²) >= 11 is 4.26. The van der Waals surface area contributed by atoms with Crippen LogP contribution >= 0.6 is 22.6 Å². The average molecular weight is 227 g/mol. The third kappa shape index (κ3) is 2.25. The van der Waals surface area contributed by atoms with Crippen LogP contribution in [0.15, 0.2) is 30.3 Å². The van der Waals surface area contributed by atoms with Crippen LogP contribution in [0.2, 0.25) is 0 Å². The third-order valence-electron chi connectivity index (χ3n) is 2.37. The van der Waals surface area contributed by atoms with Gasteiger partial charge < -0.3 is 4.74 Å². The molecule has 0 bridgehead atoms. The monoisotopic (exact) mass is 227 g/mol. The fraction of sp³-hybridized carbons (Fsp3) is 0.400. The molecule has 2 rings (SSSR count). The fourth-order valence-corrected chi connectivity index (χ4v) is 2.66. The summed E-state index contributed by atoms with van der Waals surface area (Å²) in [5, 5.41) is 0. The second-order valence-corrected chi connectivity index (χ2v) is 4.35. The van der Waals surface area contributed by atoms with Crippen molar-refractivity contribution in [2.24, 2.45) is 0 Å². The predicted octanol–water partition coefficient (Wildman–Crippen LogP) is 2.55. The van der Waals surface area contributed by atoms with Crippen LogP contribution in [-0.4, -0.2) is 24.1 Å². The largest absolute Gasteiger partial charge is 0.378 e. The van der Waals surface area contributed by atoms with Crippen molar-refractivity contribution in [3.63, 3.8) is 0 Å². The van der Waals surface area contributed by atoms with Gasteiger partial charge in [-0.05, 0) is 16.5 Å². The quantitative estimate of drug-likeness (QED) is 0.474. The van der Waals surface area contributed by atoms with Gasteiger partial charge in [0, 0.05) is 6.54 Å². The van der Waals surface area contributed by atoms with Crippen LogP contribution in [0.25, 0.3) is 0 Å². The lowest BCUT2D eigenvalue weighted by Gasteiger charge is -2.33. The molecule has 0 spiro atoms. The lowest BCUT2D eigenvalue weighted by Crippen LogP contribution is -2.34. The molecule has 0 saturated carbocycles. The van der Waals surface area contributed by atoms with E-state index in [1.165, 1.54) is 16.5 Å². The zero-order chi connectivity index (χ0) is 9.80. The van der Waals surface area contributed by atoms with E-state index in [-0.39, 0.29) is 0 Å². The van der Waals surface area contributed by atoms with E-state index in [2.05, 4.69) is 40.2 Å². The number of ether oxygens (including phenoxy) is 1. The Morgan fingerprint density at radius 1 is 1.36 bits per heavy atom. The number of benzene rings is 1. The van der Waals surface area contributed by atoms with Gasteiger partial charge in [0.05, 0.1) is 19.3 Å². The van der Waals surface area contributed by atoms with Crippen LogP contribution < -0.4 is 0 Å². The van der Waals surface area contributed by atoms with Crippen molar-refractivity contribution in [3.05, 3.63) is 35.9 Å². The summed E-state index contributed by atoms with van der Waals surface area (Å²) in [7, 11) is 1.50. The molecule has 1 aromatic carbocycles. The first-order valence-electron chi connectivity index (χ1n) is 4.62. The van der Waals surface area contributed by atoms with Crippen molar-refractivity contribution >= 4 is 22.6 Å². The molecule has 1 aliphatic rings. The summed E-state index contributed by atoms with van der Waals surface area (Å²) in [6, 6.07) is 10.8. The molecule has 1 aliphatic heterocycles. The first-order chi connectivity index (χ1) is 6.92. The second kappa shape index (κ2) is 5.07. The first kappa shape index (κ1) is 10.4. The minimum absolute atomic E-state index is 0.340. The molecule has 0 aromatic heterocycles. The maximum atomic E-state index is 5.48. The molecule has 1 atom stereocenters. The van der Waals surface area contributed by atoms with E-state index >= 15 is 0 Å². The lowest BCUT2D eigenvalue weighted by molar-refractivity contribution is 0.0376. The van der Waals surface area contributed by atoms with E-state index in [4.69, 9.17) is 4.74 Å². The maximum absolute atomic E-state index is 5.48. The Hall–Kier alpha value is -0.160. The molecule has 0 N–H and O–H groups in total. The molecule has 1 saturated heterocycles. The van der Waals surface area contributed by atoms with Crippen LogP contribution in [0.4, 0.5) is 0 Å². The van der Waals surface area contributed by atoms with Gasteiger partial charge in [-0.1, -0.05) is 42.0 Å². The highest BCUT2D eigenvalue weighted by molar-refractivity contribution is 8.67. The van der Waals surface area contributed by atoms with Gasteiger partial charge in [0.15, 0.2) is 0 Å². The highest BCUT2D eigenvalue weighted by Gasteiger charge is 2.23. The zero-order valence-corrected chi connectivity index (χ0v) is 9.51. The first-order valence-corrected chi connectivity index (χ1v) is 6.45. The number of hydrogen-bond donors (Lipinski definition) is 1. The Morgan fingerprint density at radius 2 is 2.14 bits per heavy atom. The summed E-state index contributed by atoms with van der Waals surface area (Å²) in [5.74, 6) is 0. The van der Waals surface area contributed by atoms with E-state index in [9.17, 15) is 0 Å². The molecule has 0 radical (unpaired) electrons. The van der Waals surface area contributed by atoms with Crippen LogP contribution in [0, 0.1) is 0 Å². The SMILES string of the molecule is SSN1CCOCC1c1ccccc1. The standard InChI is InChI=1S/C10H13NOS2/c13-14-11-6-7-12-8-10(11)9-4-2-1-3-5-9/h1-5,10,13H,6-8H2. The minimum atomic E-state index is 0.340. The van der Waals surface area contributed by atoms with Crippen molar-refractivity contribution in [3.8, 4) is 0 Å². The molecule has 2 nitrogen and oxygen atoms in total. The highest BCUT2D eigenvalue weighted by Crippen LogP contribution is 2.31. The topological polar surface area (TPSA) is 12.5 Å². The number of nitrogens with zero attached hydrogens (tertiary/aromatic N) is 1. The molecule has 1 unspecified atom stereocenters. The molecule has 76 valence electrons. The number of rotatable bonds is 2. The lowest BCUT2D eigenvalue weighted by atomic mass is 10.1. The zero-order valence-electron chi connectivity index (χ0n) is 7.80. The van der Waals surface area contributed by atoms with Crippen molar-refractivity contribution < 1.29 is 4.74 Å². The van der Waals surface area contributed by atoms with E-state index in [1.54, 1.807) is 0 Å². The summed E-state index contributed by atoms with van der Waals surface area (Å²) in [5.41, 5.74) is 1.30. The van der Waals surface area contributed by atoms with Gasteiger partial charge in [0.2, 0.25) is 0 Å². The number of hydrogen-bond acceptors (Lipinski definition) is 4. The summed E-state index contributed by atoms with van der Waals surface area (Å²) in [4.78, 5) is 0. The van der Waals surface area contributed by atoms with Crippen LogP contribution in [0.3, 0.4) is 0 Å². The maximum Gasteiger partial charge on any atom is 0.0694 e. The minimum Gasteiger partial charge on any atom is -0.378 e. The molecule has 1 aromatic rings. The van der Waals surface area contributed by atoms with Gasteiger partial charge >= 0.3 is 0 Å². The van der Waals surface area contributed by atoms with Crippen molar-refractivity contribution in [1.29, 1.82) is 0 Å². The third-order valence-corrected chi connectivity index (χ3v) is 3.64. The van der Waals surface area contributed by atoms with Crippen LogP contribution in [0.5, 0.6) is 0 Å². The van der Waals surface area contributed by atoms with Gasteiger partial charge in [0.25, 0.3) is 0 Å². The molecule has 14 heavy (non-hydrogen) atoms. The normalized spacial score (nSPS) is 23.6. The molecule has 0 aliphatic carbocycles. The predicted molar refractivity (Wildman–Crippen MR) is 63.3 cm³/mol. The van der Waals surface area contributed by atoms with E-state index < -0.39 is 0 Å². The van der Waals surface area contributed by atoms with Crippen molar-refractivity contribution in [1.82, 2.24) is 4.31 Å². The molecule has 1 heterocycles. The van der Waals surface area contributed by atoms with Crippen LogP contribution in [0.1, 0.15) is 11.6 Å². The van der Waals surface area contributed by atoms with E-state index in [1.807, 2.05) is 6.07 Å². The van der Waals surface area contributed by atoms with E-state index in [0.717, 1.165) is 19.8 Å². The van der Waals surface area contributed by atoms with Gasteiger partial charge in [-0.3, -0.25) is 0 Å². The summed E-state index contributed by atoms with van der Waals surface area (Å²) < 4.78 is 7.73. The Labute approximate surface area is 93.6 Å². The Morgan fingerprint density at radius 3 is 2.86 bits per heavy atom. The van der Waals surface area contributed by atoms with Gasteiger partial charge in [-0.25, -0.2) is 4.31 Å². The summed E-state index contributed by atoms with van der Waals surface area (Å²) in [6.07, 6.45) is 0. The second-order valence-electron chi connectivity index (χ2n) is 3.22. The van der Waals surface area contributed by atoms with Crippen molar-refractivity contribution in [2.45, 2.75) is 6.04 Å². The fourth-order valence-electron chi connectivity index (χ4n) is 1.62. The van der Waals surface area contributed by atoms with Crippen LogP contribution in [-0.2, 0) is 4.74 Å².